The van der Waals surface area contributed by atoms with E-state index in [2.05, 4.69) is 15.2 Å². The van der Waals surface area contributed by atoms with Gasteiger partial charge in [0.1, 0.15) is 17.2 Å². The fourth-order valence-electron chi connectivity index (χ4n) is 5.40. The zero-order valence-electron chi connectivity index (χ0n) is 21.8. The van der Waals surface area contributed by atoms with E-state index in [0.717, 1.165) is 24.0 Å². The molecule has 2 aromatic heterocycles. The predicted molar refractivity (Wildman–Crippen MR) is 155 cm³/mol. The second-order valence-corrected chi connectivity index (χ2v) is 10.7. The standard InChI is InChI=1S/C30H29ClFN5O3/c31-26-27-22(16-24(32)28(26)36-14-12-35(13-15-36)25-6-1-2-11-33-25)29(38)23(30(39)40)18-37(27)21-9-7-19(8-10-21)17-34-20-4-3-5-20/h1-2,6-11,16,18,20,34H,3-5,12-15,17H2,(H,39,40). The van der Waals surface area contributed by atoms with Gasteiger partial charge in [0.05, 0.1) is 21.6 Å². The van der Waals surface area contributed by atoms with Crippen molar-refractivity contribution in [2.45, 2.75) is 31.8 Å². The van der Waals surface area contributed by atoms with Gasteiger partial charge in [-0.15, -0.1) is 0 Å². The lowest BCUT2D eigenvalue weighted by atomic mass is 9.93. The molecular formula is C30H29ClFN5O3. The van der Waals surface area contributed by atoms with Crippen molar-refractivity contribution in [1.29, 1.82) is 0 Å². The van der Waals surface area contributed by atoms with Crippen LogP contribution in [0.1, 0.15) is 35.2 Å². The molecule has 0 radical (unpaired) electrons. The normalized spacial score (nSPS) is 15.8. The number of pyridine rings is 2. The second kappa shape index (κ2) is 10.9. The van der Waals surface area contributed by atoms with E-state index < -0.39 is 22.8 Å². The van der Waals surface area contributed by atoms with Gasteiger partial charge in [-0.25, -0.2) is 14.2 Å². The van der Waals surface area contributed by atoms with Crippen molar-refractivity contribution in [1.82, 2.24) is 14.9 Å². The van der Waals surface area contributed by atoms with Crippen LogP contribution in [0.25, 0.3) is 16.6 Å². The average Bonchev–Trinajstić information content (AvgIpc) is 2.94. The molecule has 1 saturated carbocycles. The van der Waals surface area contributed by atoms with E-state index >= 15 is 4.39 Å². The predicted octanol–water partition coefficient (Wildman–Crippen LogP) is 4.85. The topological polar surface area (TPSA) is 90.7 Å². The quantitative estimate of drug-likeness (QED) is 0.333. The molecule has 0 amide bonds. The highest BCUT2D eigenvalue weighted by Crippen LogP contribution is 2.37. The van der Waals surface area contributed by atoms with E-state index in [9.17, 15) is 14.7 Å². The molecule has 1 aliphatic carbocycles. The Kier molecular flexibility index (Phi) is 7.16. The first-order valence-corrected chi connectivity index (χ1v) is 13.8. The van der Waals surface area contributed by atoms with Crippen molar-refractivity contribution in [3.8, 4) is 5.69 Å². The van der Waals surface area contributed by atoms with Crippen LogP contribution in [-0.4, -0.2) is 52.8 Å². The Morgan fingerprint density at radius 2 is 1.80 bits per heavy atom. The maximum Gasteiger partial charge on any atom is 0.341 e. The molecule has 2 fully saturated rings. The summed E-state index contributed by atoms with van der Waals surface area (Å²) >= 11 is 6.91. The minimum absolute atomic E-state index is 0.0750. The van der Waals surface area contributed by atoms with Gasteiger partial charge in [0.15, 0.2) is 0 Å². The Labute approximate surface area is 235 Å². The van der Waals surface area contributed by atoms with Crippen LogP contribution in [0, 0.1) is 5.82 Å². The third-order valence-electron chi connectivity index (χ3n) is 7.87. The first kappa shape index (κ1) is 26.3. The summed E-state index contributed by atoms with van der Waals surface area (Å²) in [5.74, 6) is -1.19. The minimum atomic E-state index is -1.38. The number of anilines is 2. The molecule has 0 spiro atoms. The average molecular weight is 562 g/mol. The Morgan fingerprint density at radius 3 is 2.42 bits per heavy atom. The van der Waals surface area contributed by atoms with Crippen LogP contribution in [0.4, 0.5) is 15.9 Å². The fourth-order valence-corrected chi connectivity index (χ4v) is 5.80. The summed E-state index contributed by atoms with van der Waals surface area (Å²) in [7, 11) is 0. The molecule has 6 rings (SSSR count). The molecule has 1 aliphatic heterocycles. The van der Waals surface area contributed by atoms with E-state index in [1.54, 1.807) is 10.8 Å². The highest BCUT2D eigenvalue weighted by atomic mass is 35.5. The van der Waals surface area contributed by atoms with Crippen LogP contribution in [-0.2, 0) is 6.54 Å². The highest BCUT2D eigenvalue weighted by Gasteiger charge is 2.27. The maximum absolute atomic E-state index is 15.6. The van der Waals surface area contributed by atoms with E-state index in [-0.39, 0.29) is 21.6 Å². The summed E-state index contributed by atoms with van der Waals surface area (Å²) in [6.07, 6.45) is 6.65. The SMILES string of the molecule is O=C(O)c1cn(-c2ccc(CNC3CCC3)cc2)c2c(Cl)c(N3CCN(c4ccccn4)CC3)c(F)cc2c1=O. The third kappa shape index (κ3) is 4.91. The number of benzene rings is 2. The van der Waals surface area contributed by atoms with Crippen LogP contribution in [0.15, 0.2) is 65.7 Å². The first-order chi connectivity index (χ1) is 19.4. The van der Waals surface area contributed by atoms with Crippen LogP contribution < -0.4 is 20.5 Å². The number of carboxylic acid groups (broad SMARTS) is 1. The van der Waals surface area contributed by atoms with Crippen LogP contribution >= 0.6 is 11.6 Å². The van der Waals surface area contributed by atoms with Crippen LogP contribution in [0.5, 0.6) is 0 Å². The summed E-state index contributed by atoms with van der Waals surface area (Å²) in [5.41, 5.74) is 0.971. The highest BCUT2D eigenvalue weighted by molar-refractivity contribution is 6.38. The molecule has 8 nitrogen and oxygen atoms in total. The Hall–Kier alpha value is -3.95. The molecular weight excluding hydrogens is 533 g/mol. The third-order valence-corrected chi connectivity index (χ3v) is 8.23. The van der Waals surface area contributed by atoms with E-state index in [0.29, 0.717) is 37.9 Å². The number of fused-ring (bicyclic) bond motifs is 1. The zero-order valence-corrected chi connectivity index (χ0v) is 22.6. The molecule has 2 aromatic carbocycles. The minimum Gasteiger partial charge on any atom is -0.477 e. The van der Waals surface area contributed by atoms with Gasteiger partial charge >= 0.3 is 5.97 Å². The van der Waals surface area contributed by atoms with Gasteiger partial charge in [-0.2, -0.15) is 0 Å². The summed E-state index contributed by atoms with van der Waals surface area (Å²) in [4.78, 5) is 33.5. The number of hydrogen-bond acceptors (Lipinski definition) is 6. The summed E-state index contributed by atoms with van der Waals surface area (Å²) in [6, 6.07) is 15.0. The Morgan fingerprint density at radius 1 is 1.07 bits per heavy atom. The molecule has 0 atom stereocenters. The zero-order chi connectivity index (χ0) is 27.8. The van der Waals surface area contributed by atoms with Crippen molar-refractivity contribution in [3.63, 3.8) is 0 Å². The number of carbonyl (C=O) groups is 1. The summed E-state index contributed by atoms with van der Waals surface area (Å²) in [5, 5.41) is 13.3. The van der Waals surface area contributed by atoms with Crippen molar-refractivity contribution in [3.05, 3.63) is 93.1 Å². The monoisotopic (exact) mass is 561 g/mol. The molecule has 1 saturated heterocycles. The van der Waals surface area contributed by atoms with Crippen LogP contribution in [0.3, 0.4) is 0 Å². The molecule has 2 N–H and O–H groups in total. The number of hydrogen-bond donors (Lipinski definition) is 2. The lowest BCUT2D eigenvalue weighted by Crippen LogP contribution is -2.47. The molecule has 10 heteroatoms. The van der Waals surface area contributed by atoms with Crippen molar-refractivity contribution in [2.75, 3.05) is 36.0 Å². The molecule has 206 valence electrons. The first-order valence-electron chi connectivity index (χ1n) is 13.4. The Balaban J connectivity index is 1.38. The van der Waals surface area contributed by atoms with Gasteiger partial charge < -0.3 is 24.8 Å². The number of carboxylic acids is 1. The number of nitrogens with one attached hydrogen (secondary N) is 1. The van der Waals surface area contributed by atoms with Crippen molar-refractivity contribution >= 4 is 40.0 Å². The molecule has 40 heavy (non-hydrogen) atoms. The number of aromatic nitrogens is 2. The second-order valence-electron chi connectivity index (χ2n) is 10.3. The van der Waals surface area contributed by atoms with Crippen molar-refractivity contribution < 1.29 is 14.3 Å². The van der Waals surface area contributed by atoms with Gasteiger partial charge in [-0.3, -0.25) is 4.79 Å². The largest absolute Gasteiger partial charge is 0.477 e. The van der Waals surface area contributed by atoms with E-state index in [1.165, 1.54) is 25.5 Å². The van der Waals surface area contributed by atoms with E-state index in [1.807, 2.05) is 47.4 Å². The van der Waals surface area contributed by atoms with Crippen LogP contribution in [0.2, 0.25) is 5.02 Å². The molecule has 4 aromatic rings. The number of nitrogens with zero attached hydrogens (tertiary/aromatic N) is 4. The maximum atomic E-state index is 15.6. The lowest BCUT2D eigenvalue weighted by Gasteiger charge is -2.37. The van der Waals surface area contributed by atoms with Gasteiger partial charge in [-0.05, 0) is 48.7 Å². The van der Waals surface area contributed by atoms with Gasteiger partial charge in [-0.1, -0.05) is 36.2 Å². The summed E-state index contributed by atoms with van der Waals surface area (Å²) < 4.78 is 17.2. The number of aromatic carboxylic acids is 1. The van der Waals surface area contributed by atoms with Gasteiger partial charge in [0, 0.05) is 56.8 Å². The molecule has 0 unspecified atom stereocenters. The Bertz CT molecular complexity index is 1620. The number of rotatable bonds is 7. The van der Waals surface area contributed by atoms with Gasteiger partial charge in [0.2, 0.25) is 5.43 Å². The molecule has 0 bridgehead atoms. The number of piperazine rings is 1. The summed E-state index contributed by atoms with van der Waals surface area (Å²) in [6.45, 7) is 2.96. The van der Waals surface area contributed by atoms with E-state index in [4.69, 9.17) is 11.6 Å². The van der Waals surface area contributed by atoms with Crippen molar-refractivity contribution in [2.24, 2.45) is 0 Å². The van der Waals surface area contributed by atoms with Gasteiger partial charge in [0.25, 0.3) is 0 Å². The molecule has 3 heterocycles. The number of halogens is 2. The molecule has 2 aliphatic rings. The fraction of sp³-hybridized carbons (Fsp3) is 0.300. The smallest absolute Gasteiger partial charge is 0.341 e. The lowest BCUT2D eigenvalue weighted by molar-refractivity contribution is 0.0695.